The summed E-state index contributed by atoms with van der Waals surface area (Å²) < 4.78 is 0.974. The maximum absolute atomic E-state index is 11.4. The number of piperidine rings is 1. The standard InChI is InChI=1S/C16H23BrN2O2/c1-3-15(14-10-12(17)4-5-16(14)21)18-13-6-8-19(9-7-13)11(2)20/h4-5,10,13,15,18,21H,3,6-9H2,1-2H3. The van der Waals surface area contributed by atoms with Gasteiger partial charge in [-0.2, -0.15) is 0 Å². The number of phenolic OH excluding ortho intramolecular Hbond substituents is 1. The van der Waals surface area contributed by atoms with Gasteiger partial charge in [0.05, 0.1) is 0 Å². The van der Waals surface area contributed by atoms with E-state index in [4.69, 9.17) is 0 Å². The highest BCUT2D eigenvalue weighted by Gasteiger charge is 2.24. The van der Waals surface area contributed by atoms with E-state index in [1.165, 1.54) is 0 Å². The van der Waals surface area contributed by atoms with Crippen LogP contribution >= 0.6 is 15.9 Å². The summed E-state index contributed by atoms with van der Waals surface area (Å²) in [5.41, 5.74) is 0.931. The monoisotopic (exact) mass is 354 g/mol. The fraction of sp³-hybridized carbons (Fsp3) is 0.562. The van der Waals surface area contributed by atoms with Gasteiger partial charge in [-0.15, -0.1) is 0 Å². The molecule has 0 aromatic heterocycles. The third kappa shape index (κ3) is 4.20. The van der Waals surface area contributed by atoms with Crippen molar-refractivity contribution in [3.8, 4) is 5.75 Å². The Morgan fingerprint density at radius 1 is 1.48 bits per heavy atom. The molecule has 1 aliphatic rings. The maximum atomic E-state index is 11.4. The molecular weight excluding hydrogens is 332 g/mol. The summed E-state index contributed by atoms with van der Waals surface area (Å²) in [6.45, 7) is 5.37. The minimum atomic E-state index is 0.136. The number of likely N-dealkylation sites (tertiary alicyclic amines) is 1. The topological polar surface area (TPSA) is 52.6 Å². The highest BCUT2D eigenvalue weighted by molar-refractivity contribution is 9.10. The summed E-state index contributed by atoms with van der Waals surface area (Å²) >= 11 is 3.46. The highest BCUT2D eigenvalue weighted by atomic mass is 79.9. The Kier molecular flexibility index (Phi) is 5.65. The molecule has 1 aromatic carbocycles. The van der Waals surface area contributed by atoms with Crippen molar-refractivity contribution >= 4 is 21.8 Å². The Labute approximate surface area is 134 Å². The number of rotatable bonds is 4. The molecule has 1 heterocycles. The Bertz CT molecular complexity index is 499. The van der Waals surface area contributed by atoms with Crippen molar-refractivity contribution in [1.82, 2.24) is 10.2 Å². The van der Waals surface area contributed by atoms with Gasteiger partial charge >= 0.3 is 0 Å². The fourth-order valence-corrected chi connectivity index (χ4v) is 3.26. The first kappa shape index (κ1) is 16.3. The van der Waals surface area contributed by atoms with E-state index in [2.05, 4.69) is 28.2 Å². The van der Waals surface area contributed by atoms with Crippen LogP contribution < -0.4 is 5.32 Å². The van der Waals surface area contributed by atoms with Crippen LogP contribution in [0, 0.1) is 0 Å². The van der Waals surface area contributed by atoms with E-state index in [9.17, 15) is 9.90 Å². The Morgan fingerprint density at radius 3 is 2.71 bits per heavy atom. The molecule has 0 bridgehead atoms. The molecule has 1 atom stereocenters. The number of hydrogen-bond acceptors (Lipinski definition) is 3. The van der Waals surface area contributed by atoms with E-state index in [0.29, 0.717) is 11.8 Å². The van der Waals surface area contributed by atoms with Crippen LogP contribution in [0.3, 0.4) is 0 Å². The predicted octanol–water partition coefficient (Wildman–Crippen LogP) is 3.21. The molecule has 0 radical (unpaired) electrons. The second-order valence-corrected chi connectivity index (χ2v) is 6.53. The third-order valence-electron chi connectivity index (χ3n) is 4.15. The van der Waals surface area contributed by atoms with E-state index in [-0.39, 0.29) is 11.9 Å². The first-order valence-corrected chi connectivity index (χ1v) is 8.30. The molecule has 1 aromatic rings. The lowest BCUT2D eigenvalue weighted by Gasteiger charge is -2.34. The minimum absolute atomic E-state index is 0.136. The Hall–Kier alpha value is -1.07. The van der Waals surface area contributed by atoms with Crippen molar-refractivity contribution < 1.29 is 9.90 Å². The van der Waals surface area contributed by atoms with Gasteiger partial charge in [-0.25, -0.2) is 0 Å². The van der Waals surface area contributed by atoms with Gasteiger partial charge in [-0.1, -0.05) is 22.9 Å². The van der Waals surface area contributed by atoms with Crippen LogP contribution in [0.25, 0.3) is 0 Å². The van der Waals surface area contributed by atoms with Gasteiger partial charge in [0.25, 0.3) is 0 Å². The van der Waals surface area contributed by atoms with E-state index >= 15 is 0 Å². The number of phenols is 1. The lowest BCUT2D eigenvalue weighted by molar-refractivity contribution is -0.129. The second-order valence-electron chi connectivity index (χ2n) is 5.61. The predicted molar refractivity (Wildman–Crippen MR) is 87.3 cm³/mol. The summed E-state index contributed by atoms with van der Waals surface area (Å²) in [4.78, 5) is 13.3. The van der Waals surface area contributed by atoms with Crippen molar-refractivity contribution in [2.75, 3.05) is 13.1 Å². The van der Waals surface area contributed by atoms with Gasteiger partial charge in [-0.05, 0) is 37.5 Å². The highest BCUT2D eigenvalue weighted by Crippen LogP contribution is 2.30. The zero-order valence-electron chi connectivity index (χ0n) is 12.6. The molecule has 21 heavy (non-hydrogen) atoms. The molecule has 2 rings (SSSR count). The lowest BCUT2D eigenvalue weighted by Crippen LogP contribution is -2.45. The van der Waals surface area contributed by atoms with Crippen LogP contribution in [-0.4, -0.2) is 35.0 Å². The smallest absolute Gasteiger partial charge is 0.219 e. The number of benzene rings is 1. The molecule has 5 heteroatoms. The molecule has 0 spiro atoms. The van der Waals surface area contributed by atoms with Gasteiger partial charge in [0.15, 0.2) is 0 Å². The molecule has 2 N–H and O–H groups in total. The average molecular weight is 355 g/mol. The maximum Gasteiger partial charge on any atom is 0.219 e. The zero-order valence-corrected chi connectivity index (χ0v) is 14.2. The van der Waals surface area contributed by atoms with Crippen LogP contribution in [0.2, 0.25) is 0 Å². The van der Waals surface area contributed by atoms with Crippen LogP contribution in [-0.2, 0) is 4.79 Å². The average Bonchev–Trinajstić information content (AvgIpc) is 2.48. The first-order valence-electron chi connectivity index (χ1n) is 7.51. The second kappa shape index (κ2) is 7.27. The normalized spacial score (nSPS) is 17.8. The van der Waals surface area contributed by atoms with E-state index < -0.39 is 0 Å². The molecular formula is C16H23BrN2O2. The summed E-state index contributed by atoms with van der Waals surface area (Å²) in [5.74, 6) is 0.490. The van der Waals surface area contributed by atoms with Gasteiger partial charge < -0.3 is 15.3 Å². The van der Waals surface area contributed by atoms with Crippen LogP contribution in [0.15, 0.2) is 22.7 Å². The molecule has 1 unspecified atom stereocenters. The number of carbonyl (C=O) groups excluding carboxylic acids is 1. The minimum Gasteiger partial charge on any atom is -0.508 e. The lowest BCUT2D eigenvalue weighted by atomic mass is 9.98. The summed E-state index contributed by atoms with van der Waals surface area (Å²) in [6.07, 6.45) is 2.84. The number of amides is 1. The quantitative estimate of drug-likeness (QED) is 0.872. The Morgan fingerprint density at radius 2 is 2.14 bits per heavy atom. The number of halogens is 1. The molecule has 1 amide bonds. The van der Waals surface area contributed by atoms with Crippen molar-refractivity contribution in [2.24, 2.45) is 0 Å². The summed E-state index contributed by atoms with van der Waals surface area (Å²) in [7, 11) is 0. The largest absolute Gasteiger partial charge is 0.508 e. The molecule has 0 saturated carbocycles. The van der Waals surface area contributed by atoms with Gasteiger partial charge in [0.1, 0.15) is 5.75 Å². The van der Waals surface area contributed by atoms with Gasteiger partial charge in [-0.3, -0.25) is 4.79 Å². The summed E-state index contributed by atoms with van der Waals surface area (Å²) in [5, 5.41) is 13.7. The van der Waals surface area contributed by atoms with E-state index in [0.717, 1.165) is 42.4 Å². The SMILES string of the molecule is CCC(NC1CCN(C(C)=O)CC1)c1cc(Br)ccc1O. The van der Waals surface area contributed by atoms with Crippen molar-refractivity contribution in [2.45, 2.75) is 45.2 Å². The van der Waals surface area contributed by atoms with Crippen LogP contribution in [0.1, 0.15) is 44.7 Å². The molecule has 116 valence electrons. The number of hydrogen-bond donors (Lipinski definition) is 2. The van der Waals surface area contributed by atoms with Crippen LogP contribution in [0.4, 0.5) is 0 Å². The van der Waals surface area contributed by atoms with Gasteiger partial charge in [0.2, 0.25) is 5.91 Å². The molecule has 1 aliphatic heterocycles. The molecule has 0 aliphatic carbocycles. The number of nitrogens with one attached hydrogen (secondary N) is 1. The number of aromatic hydroxyl groups is 1. The van der Waals surface area contributed by atoms with Gasteiger partial charge in [0, 0.05) is 42.1 Å². The molecule has 1 fully saturated rings. The van der Waals surface area contributed by atoms with Crippen LogP contribution in [0.5, 0.6) is 5.75 Å². The number of nitrogens with zero attached hydrogens (tertiary/aromatic N) is 1. The fourth-order valence-electron chi connectivity index (χ4n) is 2.88. The van der Waals surface area contributed by atoms with Crippen molar-refractivity contribution in [3.05, 3.63) is 28.2 Å². The third-order valence-corrected chi connectivity index (χ3v) is 4.64. The van der Waals surface area contributed by atoms with Crippen molar-refractivity contribution in [3.63, 3.8) is 0 Å². The van der Waals surface area contributed by atoms with E-state index in [1.54, 1.807) is 13.0 Å². The van der Waals surface area contributed by atoms with E-state index in [1.807, 2.05) is 17.0 Å². The number of carbonyl (C=O) groups is 1. The first-order chi connectivity index (χ1) is 10.0. The zero-order chi connectivity index (χ0) is 15.4. The molecule has 4 nitrogen and oxygen atoms in total. The molecule has 1 saturated heterocycles. The Balaban J connectivity index is 2.00. The summed E-state index contributed by atoms with van der Waals surface area (Å²) in [6, 6.07) is 6.07. The van der Waals surface area contributed by atoms with Crippen molar-refractivity contribution in [1.29, 1.82) is 0 Å².